The maximum Gasteiger partial charge on any atom is 0.326 e. The summed E-state index contributed by atoms with van der Waals surface area (Å²) in [6.45, 7) is -0.234. The first-order valence-corrected chi connectivity index (χ1v) is 10.8. The highest BCUT2D eigenvalue weighted by Crippen LogP contribution is 2.12. The van der Waals surface area contributed by atoms with Crippen molar-refractivity contribution in [1.29, 1.82) is 0 Å². The van der Waals surface area contributed by atoms with E-state index in [1.165, 1.54) is 24.3 Å². The van der Waals surface area contributed by atoms with E-state index >= 15 is 0 Å². The summed E-state index contributed by atoms with van der Waals surface area (Å²) in [6.07, 6.45) is -0.655. The largest absolute Gasteiger partial charge is 0.508 e. The molecule has 0 heterocycles. The third-order valence-electron chi connectivity index (χ3n) is 4.78. The summed E-state index contributed by atoms with van der Waals surface area (Å²) in [7, 11) is 0. The molecule has 3 amide bonds. The first-order chi connectivity index (χ1) is 16.9. The predicted octanol–water partition coefficient (Wildman–Crippen LogP) is -3.04. The van der Waals surface area contributed by atoms with Gasteiger partial charge in [-0.2, -0.15) is 0 Å². The van der Waals surface area contributed by atoms with Crippen LogP contribution in [0.25, 0.3) is 0 Å². The van der Waals surface area contributed by atoms with Crippen molar-refractivity contribution in [2.24, 2.45) is 22.2 Å². The number of aliphatic carboxylic acids is 2. The molecule has 3 unspecified atom stereocenters. The maximum atomic E-state index is 13.0. The fourth-order valence-corrected chi connectivity index (χ4v) is 3.02. The summed E-state index contributed by atoms with van der Waals surface area (Å²) in [5, 5.41) is 34.7. The topological polar surface area (TPSA) is 273 Å². The standard InChI is InChI=1S/C21H31N7O8/c22-10-16(30)26-13(2-1-7-25-21(23)24)18(33)27-14(8-11-3-5-12(29)6-4-11)19(34)28-15(20(35)36)9-17(31)32/h3-6,13-15,29H,1-2,7-10,22H2,(H,26,30)(H,27,33)(H,28,34)(H,31,32)(H,35,36)(H4,23,24,25). The zero-order valence-electron chi connectivity index (χ0n) is 19.3. The molecule has 3 atom stereocenters. The molecule has 0 fully saturated rings. The highest BCUT2D eigenvalue weighted by Gasteiger charge is 2.30. The summed E-state index contributed by atoms with van der Waals surface area (Å²) in [6, 6.07) is 1.44. The summed E-state index contributed by atoms with van der Waals surface area (Å²) in [5.41, 5.74) is 16.3. The van der Waals surface area contributed by atoms with Crippen molar-refractivity contribution in [3.63, 3.8) is 0 Å². The van der Waals surface area contributed by atoms with Crippen molar-refractivity contribution in [1.82, 2.24) is 16.0 Å². The van der Waals surface area contributed by atoms with Crippen LogP contribution in [0.3, 0.4) is 0 Å². The molecular weight excluding hydrogens is 478 g/mol. The monoisotopic (exact) mass is 509 g/mol. The van der Waals surface area contributed by atoms with Gasteiger partial charge in [-0.05, 0) is 30.5 Å². The van der Waals surface area contributed by atoms with Crippen molar-refractivity contribution in [3.8, 4) is 5.75 Å². The van der Waals surface area contributed by atoms with Crippen LogP contribution in [0.1, 0.15) is 24.8 Å². The highest BCUT2D eigenvalue weighted by molar-refractivity contribution is 5.94. The highest BCUT2D eigenvalue weighted by atomic mass is 16.4. The molecule has 15 heteroatoms. The van der Waals surface area contributed by atoms with E-state index in [1.807, 2.05) is 0 Å². The molecule has 0 aromatic heterocycles. The number of carboxylic acid groups (broad SMARTS) is 2. The molecule has 0 radical (unpaired) electrons. The molecule has 0 saturated carbocycles. The molecule has 1 aromatic carbocycles. The number of rotatable bonds is 15. The number of phenols is 1. The van der Waals surface area contributed by atoms with Gasteiger partial charge in [0.1, 0.15) is 23.9 Å². The number of hydrogen-bond acceptors (Lipinski definition) is 8. The number of nitrogens with two attached hydrogens (primary N) is 3. The second-order valence-corrected chi connectivity index (χ2v) is 7.70. The van der Waals surface area contributed by atoms with E-state index in [0.717, 1.165) is 0 Å². The van der Waals surface area contributed by atoms with Crippen LogP contribution in [-0.2, 0) is 30.4 Å². The fourth-order valence-electron chi connectivity index (χ4n) is 3.02. The Labute approximate surface area is 206 Å². The van der Waals surface area contributed by atoms with Crippen molar-refractivity contribution < 1.29 is 39.3 Å². The van der Waals surface area contributed by atoms with Crippen molar-refractivity contribution in [3.05, 3.63) is 29.8 Å². The van der Waals surface area contributed by atoms with E-state index in [-0.39, 0.29) is 37.5 Å². The smallest absolute Gasteiger partial charge is 0.326 e. The van der Waals surface area contributed by atoms with Gasteiger partial charge in [-0.1, -0.05) is 12.1 Å². The Morgan fingerprint density at radius 2 is 1.47 bits per heavy atom. The van der Waals surface area contributed by atoms with Gasteiger partial charge < -0.3 is 48.5 Å². The zero-order valence-corrected chi connectivity index (χ0v) is 19.3. The second kappa shape index (κ2) is 14.8. The lowest BCUT2D eigenvalue weighted by Gasteiger charge is -2.24. The van der Waals surface area contributed by atoms with E-state index < -0.39 is 60.8 Å². The molecule has 0 aliphatic carbocycles. The normalized spacial score (nSPS) is 12.9. The van der Waals surface area contributed by atoms with Gasteiger partial charge >= 0.3 is 11.9 Å². The number of hydrogen-bond donors (Lipinski definition) is 9. The summed E-state index contributed by atoms with van der Waals surface area (Å²) in [5.74, 6) is -5.59. The van der Waals surface area contributed by atoms with Crippen LogP contribution in [0.4, 0.5) is 0 Å². The average Bonchev–Trinajstić information content (AvgIpc) is 2.80. The van der Waals surface area contributed by atoms with Crippen LogP contribution in [0.15, 0.2) is 29.3 Å². The van der Waals surface area contributed by atoms with Crippen LogP contribution in [0.5, 0.6) is 5.75 Å². The number of nitrogens with one attached hydrogen (secondary N) is 3. The van der Waals surface area contributed by atoms with E-state index in [9.17, 15) is 34.2 Å². The number of guanidine groups is 1. The molecule has 0 bridgehead atoms. The summed E-state index contributed by atoms with van der Waals surface area (Å²) >= 11 is 0. The SMILES string of the molecule is NCC(=O)NC(CCCN=C(N)N)C(=O)NC(Cc1ccc(O)cc1)C(=O)NC(CC(=O)O)C(=O)O. The molecular formula is C21H31N7O8. The van der Waals surface area contributed by atoms with Crippen LogP contribution >= 0.6 is 0 Å². The number of aliphatic imine (C=N–C) groups is 1. The average molecular weight is 510 g/mol. The van der Waals surface area contributed by atoms with Crippen molar-refractivity contribution in [2.45, 2.75) is 43.8 Å². The lowest BCUT2D eigenvalue weighted by Crippen LogP contribution is -2.57. The predicted molar refractivity (Wildman–Crippen MR) is 126 cm³/mol. The zero-order chi connectivity index (χ0) is 27.3. The fraction of sp³-hybridized carbons (Fsp3) is 0.429. The summed E-state index contributed by atoms with van der Waals surface area (Å²) < 4.78 is 0. The van der Waals surface area contributed by atoms with Gasteiger partial charge in [-0.25, -0.2) is 4.79 Å². The Bertz CT molecular complexity index is 964. The quantitative estimate of drug-likeness (QED) is 0.0651. The van der Waals surface area contributed by atoms with Crippen molar-refractivity contribution >= 4 is 35.6 Å². The van der Waals surface area contributed by atoms with Crippen LogP contribution in [0, 0.1) is 0 Å². The molecule has 0 spiro atoms. The number of aromatic hydroxyl groups is 1. The van der Waals surface area contributed by atoms with Gasteiger partial charge in [-0.15, -0.1) is 0 Å². The number of carboxylic acids is 2. The second-order valence-electron chi connectivity index (χ2n) is 7.70. The number of phenolic OH excluding ortho intramolecular Hbond substituents is 1. The Hall–Kier alpha value is -4.40. The molecule has 12 N–H and O–H groups in total. The van der Waals surface area contributed by atoms with Crippen LogP contribution < -0.4 is 33.2 Å². The minimum Gasteiger partial charge on any atom is -0.508 e. The maximum absolute atomic E-state index is 13.0. The molecule has 0 saturated heterocycles. The van der Waals surface area contributed by atoms with Gasteiger partial charge in [0.05, 0.1) is 13.0 Å². The third-order valence-corrected chi connectivity index (χ3v) is 4.78. The lowest BCUT2D eigenvalue weighted by atomic mass is 10.0. The molecule has 15 nitrogen and oxygen atoms in total. The number of carbonyl (C=O) groups excluding carboxylic acids is 3. The molecule has 0 aliphatic rings. The van der Waals surface area contributed by atoms with Gasteiger partial charge in [0, 0.05) is 13.0 Å². The minimum atomic E-state index is -1.75. The van der Waals surface area contributed by atoms with E-state index in [2.05, 4.69) is 20.9 Å². The van der Waals surface area contributed by atoms with Crippen LogP contribution in [-0.4, -0.2) is 82.2 Å². The first kappa shape index (κ1) is 29.6. The van der Waals surface area contributed by atoms with E-state index in [4.69, 9.17) is 22.3 Å². The molecule has 1 aromatic rings. The lowest BCUT2D eigenvalue weighted by molar-refractivity contribution is -0.147. The Morgan fingerprint density at radius 3 is 2.00 bits per heavy atom. The first-order valence-electron chi connectivity index (χ1n) is 10.8. The Morgan fingerprint density at radius 1 is 0.889 bits per heavy atom. The number of amides is 3. The molecule has 198 valence electrons. The van der Waals surface area contributed by atoms with Crippen molar-refractivity contribution in [2.75, 3.05) is 13.1 Å². The third kappa shape index (κ3) is 11.1. The number of benzene rings is 1. The van der Waals surface area contributed by atoms with Gasteiger partial charge in [0.15, 0.2) is 5.96 Å². The van der Waals surface area contributed by atoms with Gasteiger partial charge in [0.2, 0.25) is 17.7 Å². The van der Waals surface area contributed by atoms with E-state index in [0.29, 0.717) is 5.56 Å². The molecule has 0 aliphatic heterocycles. The van der Waals surface area contributed by atoms with Gasteiger partial charge in [-0.3, -0.25) is 24.2 Å². The number of nitrogens with zero attached hydrogens (tertiary/aromatic N) is 1. The molecule has 36 heavy (non-hydrogen) atoms. The van der Waals surface area contributed by atoms with E-state index in [1.54, 1.807) is 0 Å². The van der Waals surface area contributed by atoms with Crippen LogP contribution in [0.2, 0.25) is 0 Å². The minimum absolute atomic E-state index is 0.0403. The summed E-state index contributed by atoms with van der Waals surface area (Å²) in [4.78, 5) is 63.9. The Balaban J connectivity index is 3.12. The Kier molecular flexibility index (Phi) is 12.2. The number of carbonyl (C=O) groups is 5. The molecule has 1 rings (SSSR count). The van der Waals surface area contributed by atoms with Gasteiger partial charge in [0.25, 0.3) is 0 Å².